The van der Waals surface area contributed by atoms with Gasteiger partial charge in [0.2, 0.25) is 0 Å². The summed E-state index contributed by atoms with van der Waals surface area (Å²) in [7, 11) is 1.68. The maximum atomic E-state index is 5.31. The van der Waals surface area contributed by atoms with Crippen LogP contribution in [0.2, 0.25) is 0 Å². The van der Waals surface area contributed by atoms with Crippen molar-refractivity contribution >= 4 is 16.6 Å². The number of benzene rings is 1. The number of aromatic nitrogens is 2. The van der Waals surface area contributed by atoms with E-state index in [0.717, 1.165) is 22.4 Å². The molecule has 0 unspecified atom stereocenters. The van der Waals surface area contributed by atoms with Crippen molar-refractivity contribution in [3.63, 3.8) is 0 Å². The molecule has 3 heteroatoms. The van der Waals surface area contributed by atoms with Crippen LogP contribution < -0.4 is 4.74 Å². The highest BCUT2D eigenvalue weighted by Gasteiger charge is 2.05. The van der Waals surface area contributed by atoms with Crippen LogP contribution in [-0.2, 0) is 0 Å². The van der Waals surface area contributed by atoms with Crippen molar-refractivity contribution in [3.8, 4) is 5.88 Å². The normalized spacial score (nSPS) is 11.0. The van der Waals surface area contributed by atoms with Gasteiger partial charge in [0, 0.05) is 6.07 Å². The lowest BCUT2D eigenvalue weighted by Crippen LogP contribution is -1.93. The standard InChI is InChI=1S/C12H10N2O/c1-15-12-7-6-9-8-13-10-4-2-3-5-11(10)14(9)12/h2-8H,1H3. The molecule has 0 saturated heterocycles. The number of hydrogen-bond donors (Lipinski definition) is 0. The summed E-state index contributed by atoms with van der Waals surface area (Å²) < 4.78 is 7.37. The SMILES string of the molecule is COc1ccc2cnc3ccccc3n12. The highest BCUT2D eigenvalue weighted by atomic mass is 16.5. The van der Waals surface area contributed by atoms with Crippen LogP contribution in [0, 0.1) is 0 Å². The lowest BCUT2D eigenvalue weighted by Gasteiger charge is -2.05. The van der Waals surface area contributed by atoms with Crippen LogP contribution >= 0.6 is 0 Å². The Bertz CT molecular complexity index is 628. The summed E-state index contributed by atoms with van der Waals surface area (Å²) in [6.45, 7) is 0. The summed E-state index contributed by atoms with van der Waals surface area (Å²) in [5.41, 5.74) is 3.09. The van der Waals surface area contributed by atoms with Gasteiger partial charge >= 0.3 is 0 Å². The Labute approximate surface area is 86.9 Å². The first kappa shape index (κ1) is 8.29. The summed E-state index contributed by atoms with van der Waals surface area (Å²) in [5.74, 6) is 0.837. The number of methoxy groups -OCH3 is 1. The number of rotatable bonds is 1. The summed E-state index contributed by atoms with van der Waals surface area (Å²) in [6, 6.07) is 12.0. The molecule has 0 aliphatic carbocycles. The van der Waals surface area contributed by atoms with Crippen molar-refractivity contribution in [1.29, 1.82) is 0 Å². The molecular formula is C12H10N2O. The molecule has 0 aliphatic heterocycles. The zero-order valence-corrected chi connectivity index (χ0v) is 8.34. The van der Waals surface area contributed by atoms with Crippen molar-refractivity contribution in [2.24, 2.45) is 0 Å². The first-order valence-corrected chi connectivity index (χ1v) is 4.79. The fourth-order valence-corrected chi connectivity index (χ4v) is 1.85. The van der Waals surface area contributed by atoms with Crippen molar-refractivity contribution in [1.82, 2.24) is 9.38 Å². The predicted molar refractivity (Wildman–Crippen MR) is 59.3 cm³/mol. The second kappa shape index (κ2) is 2.98. The molecular weight excluding hydrogens is 188 g/mol. The molecule has 15 heavy (non-hydrogen) atoms. The Morgan fingerprint density at radius 3 is 2.87 bits per heavy atom. The highest BCUT2D eigenvalue weighted by Crippen LogP contribution is 2.22. The molecule has 2 aromatic heterocycles. The van der Waals surface area contributed by atoms with E-state index in [4.69, 9.17) is 4.74 Å². The van der Waals surface area contributed by atoms with Crippen molar-refractivity contribution < 1.29 is 4.74 Å². The van der Waals surface area contributed by atoms with Gasteiger partial charge in [0.1, 0.15) is 0 Å². The molecule has 0 fully saturated rings. The van der Waals surface area contributed by atoms with E-state index in [1.54, 1.807) is 7.11 Å². The largest absolute Gasteiger partial charge is 0.482 e. The van der Waals surface area contributed by atoms with Gasteiger partial charge in [0.15, 0.2) is 5.88 Å². The number of hydrogen-bond acceptors (Lipinski definition) is 2. The zero-order valence-electron chi connectivity index (χ0n) is 8.34. The molecule has 0 bridgehead atoms. The molecule has 2 heterocycles. The molecule has 1 aromatic carbocycles. The van der Waals surface area contributed by atoms with Gasteiger partial charge in [-0.3, -0.25) is 9.38 Å². The molecule has 3 aromatic rings. The minimum Gasteiger partial charge on any atom is -0.482 e. The van der Waals surface area contributed by atoms with Gasteiger partial charge in [-0.2, -0.15) is 0 Å². The molecule has 0 atom stereocenters. The summed E-state index contributed by atoms with van der Waals surface area (Å²) in [6.07, 6.45) is 1.85. The summed E-state index contributed by atoms with van der Waals surface area (Å²) >= 11 is 0. The number of fused-ring (bicyclic) bond motifs is 3. The Kier molecular flexibility index (Phi) is 1.65. The van der Waals surface area contributed by atoms with E-state index in [-0.39, 0.29) is 0 Å². The van der Waals surface area contributed by atoms with Gasteiger partial charge in [-0.1, -0.05) is 12.1 Å². The summed E-state index contributed by atoms with van der Waals surface area (Å²) in [5, 5.41) is 0. The second-order valence-electron chi connectivity index (χ2n) is 3.38. The Morgan fingerprint density at radius 1 is 1.13 bits per heavy atom. The molecule has 0 radical (unpaired) electrons. The van der Waals surface area contributed by atoms with Crippen LogP contribution in [0.4, 0.5) is 0 Å². The monoisotopic (exact) mass is 198 g/mol. The van der Waals surface area contributed by atoms with E-state index >= 15 is 0 Å². The average Bonchev–Trinajstić information content (AvgIpc) is 2.72. The second-order valence-corrected chi connectivity index (χ2v) is 3.38. The Hall–Kier alpha value is -2.03. The van der Waals surface area contributed by atoms with Gasteiger partial charge in [-0.15, -0.1) is 0 Å². The molecule has 0 saturated carbocycles. The molecule has 74 valence electrons. The molecule has 0 N–H and O–H groups in total. The van der Waals surface area contributed by atoms with Crippen LogP contribution in [0.5, 0.6) is 5.88 Å². The lowest BCUT2D eigenvalue weighted by molar-refractivity contribution is 0.396. The third-order valence-electron chi connectivity index (χ3n) is 2.54. The average molecular weight is 198 g/mol. The smallest absolute Gasteiger partial charge is 0.198 e. The quantitative estimate of drug-likeness (QED) is 0.600. The fourth-order valence-electron chi connectivity index (χ4n) is 1.85. The number of nitrogens with zero attached hydrogens (tertiary/aromatic N) is 2. The fraction of sp³-hybridized carbons (Fsp3) is 0.0833. The van der Waals surface area contributed by atoms with Crippen LogP contribution in [0.3, 0.4) is 0 Å². The minimum atomic E-state index is 0.837. The van der Waals surface area contributed by atoms with E-state index in [2.05, 4.69) is 9.38 Å². The molecule has 3 nitrogen and oxygen atoms in total. The van der Waals surface area contributed by atoms with Gasteiger partial charge < -0.3 is 4.74 Å². The molecule has 0 amide bonds. The number of para-hydroxylation sites is 2. The van der Waals surface area contributed by atoms with Crippen molar-refractivity contribution in [3.05, 3.63) is 42.6 Å². The van der Waals surface area contributed by atoms with Crippen molar-refractivity contribution in [2.75, 3.05) is 7.11 Å². The summed E-state index contributed by atoms with van der Waals surface area (Å²) in [4.78, 5) is 4.38. The van der Waals surface area contributed by atoms with Gasteiger partial charge in [0.25, 0.3) is 0 Å². The first-order chi connectivity index (χ1) is 7.40. The molecule has 0 aliphatic rings. The molecule has 0 spiro atoms. The highest BCUT2D eigenvalue weighted by molar-refractivity contribution is 5.79. The van der Waals surface area contributed by atoms with E-state index in [1.807, 2.05) is 42.6 Å². The van der Waals surface area contributed by atoms with E-state index in [1.165, 1.54) is 0 Å². The van der Waals surface area contributed by atoms with Crippen LogP contribution in [-0.4, -0.2) is 16.5 Å². The van der Waals surface area contributed by atoms with E-state index in [0.29, 0.717) is 0 Å². The van der Waals surface area contributed by atoms with Crippen molar-refractivity contribution in [2.45, 2.75) is 0 Å². The third-order valence-corrected chi connectivity index (χ3v) is 2.54. The third kappa shape index (κ3) is 1.09. The van der Waals surface area contributed by atoms with Gasteiger partial charge in [-0.25, -0.2) is 0 Å². The Balaban J connectivity index is 2.56. The van der Waals surface area contributed by atoms with E-state index < -0.39 is 0 Å². The van der Waals surface area contributed by atoms with Gasteiger partial charge in [0.05, 0.1) is 29.9 Å². The maximum Gasteiger partial charge on any atom is 0.198 e. The topological polar surface area (TPSA) is 26.5 Å². The maximum absolute atomic E-state index is 5.31. The van der Waals surface area contributed by atoms with Crippen LogP contribution in [0.1, 0.15) is 0 Å². The van der Waals surface area contributed by atoms with Crippen LogP contribution in [0.25, 0.3) is 16.6 Å². The van der Waals surface area contributed by atoms with Crippen LogP contribution in [0.15, 0.2) is 42.6 Å². The predicted octanol–water partition coefficient (Wildman–Crippen LogP) is 2.50. The first-order valence-electron chi connectivity index (χ1n) is 4.79. The number of ether oxygens (including phenoxy) is 1. The lowest BCUT2D eigenvalue weighted by atomic mass is 10.3. The zero-order chi connectivity index (χ0) is 10.3. The molecule has 3 rings (SSSR count). The Morgan fingerprint density at radius 2 is 2.00 bits per heavy atom. The van der Waals surface area contributed by atoms with Gasteiger partial charge in [-0.05, 0) is 18.2 Å². The van der Waals surface area contributed by atoms with E-state index in [9.17, 15) is 0 Å². The minimum absolute atomic E-state index is 0.837.